The van der Waals surface area contributed by atoms with Crippen molar-refractivity contribution >= 4 is 11.9 Å². The van der Waals surface area contributed by atoms with Gasteiger partial charge in [0.05, 0.1) is 12.1 Å². The molecule has 1 heterocycles. The first-order valence-corrected chi connectivity index (χ1v) is 4.61. The van der Waals surface area contributed by atoms with Crippen LogP contribution < -0.4 is 5.32 Å². The summed E-state index contributed by atoms with van der Waals surface area (Å²) in [6, 6.07) is -0.933. The van der Waals surface area contributed by atoms with Crippen LogP contribution in [0.2, 0.25) is 0 Å². The third kappa shape index (κ3) is 1.59. The van der Waals surface area contributed by atoms with E-state index in [0.29, 0.717) is 0 Å². The highest BCUT2D eigenvalue weighted by Gasteiger charge is 2.46. The number of aliphatic hydroxyl groups excluding tert-OH is 1. The molecule has 0 aromatic carbocycles. The Labute approximate surface area is 83.1 Å². The van der Waals surface area contributed by atoms with Crippen molar-refractivity contribution in [3.05, 3.63) is 0 Å². The Morgan fingerprint density at radius 3 is 2.14 bits per heavy atom. The van der Waals surface area contributed by atoms with Crippen molar-refractivity contribution < 1.29 is 14.7 Å². The Balaban J connectivity index is 2.91. The van der Waals surface area contributed by atoms with E-state index in [2.05, 4.69) is 5.32 Å². The number of nitrogens with one attached hydrogen (secondary N) is 1. The van der Waals surface area contributed by atoms with Gasteiger partial charge < -0.3 is 10.4 Å². The van der Waals surface area contributed by atoms with Crippen LogP contribution in [0.3, 0.4) is 0 Å². The van der Waals surface area contributed by atoms with Crippen LogP contribution in [0.25, 0.3) is 0 Å². The molecule has 3 amide bonds. The average Bonchev–Trinajstić information content (AvgIpc) is 2.21. The predicted molar refractivity (Wildman–Crippen MR) is 50.6 cm³/mol. The average molecular weight is 200 g/mol. The Kier molecular flexibility index (Phi) is 2.54. The van der Waals surface area contributed by atoms with Gasteiger partial charge in [-0.1, -0.05) is 0 Å². The summed E-state index contributed by atoms with van der Waals surface area (Å²) in [4.78, 5) is 24.2. The standard InChI is InChI=1S/C9H16N2O3/c1-5(6(2)12)11-7(13)9(3,4)10-8(11)14/h5-6,12H,1-4H3,(H,10,14). The summed E-state index contributed by atoms with van der Waals surface area (Å²) in [6.07, 6.45) is -0.724. The quantitative estimate of drug-likeness (QED) is 0.620. The van der Waals surface area contributed by atoms with Crippen LogP contribution in [0, 0.1) is 0 Å². The first-order valence-electron chi connectivity index (χ1n) is 4.61. The molecule has 2 atom stereocenters. The van der Waals surface area contributed by atoms with Gasteiger partial charge in [-0.3, -0.25) is 9.69 Å². The number of rotatable bonds is 2. The van der Waals surface area contributed by atoms with Gasteiger partial charge in [0.25, 0.3) is 5.91 Å². The maximum Gasteiger partial charge on any atom is 0.325 e. The van der Waals surface area contributed by atoms with Crippen molar-refractivity contribution in [3.8, 4) is 0 Å². The fourth-order valence-corrected chi connectivity index (χ4v) is 1.36. The first-order chi connectivity index (χ1) is 6.27. The maximum absolute atomic E-state index is 11.7. The minimum absolute atomic E-state index is 0.295. The van der Waals surface area contributed by atoms with Crippen molar-refractivity contribution in [1.82, 2.24) is 10.2 Å². The van der Waals surface area contributed by atoms with Crippen LogP contribution in [0.5, 0.6) is 0 Å². The monoisotopic (exact) mass is 200 g/mol. The van der Waals surface area contributed by atoms with Gasteiger partial charge in [-0.25, -0.2) is 4.79 Å². The lowest BCUT2D eigenvalue weighted by Gasteiger charge is -2.24. The van der Waals surface area contributed by atoms with Crippen molar-refractivity contribution in [2.75, 3.05) is 0 Å². The third-order valence-electron chi connectivity index (χ3n) is 2.50. The van der Waals surface area contributed by atoms with Gasteiger partial charge in [-0.15, -0.1) is 0 Å². The number of imide groups is 1. The molecule has 1 aliphatic rings. The highest BCUT2D eigenvalue weighted by Crippen LogP contribution is 2.20. The molecule has 0 bridgehead atoms. The molecular formula is C9H16N2O3. The summed E-state index contributed by atoms with van der Waals surface area (Å²) in [7, 11) is 0. The number of aliphatic hydroxyl groups is 1. The topological polar surface area (TPSA) is 69.6 Å². The molecule has 0 aromatic rings. The van der Waals surface area contributed by atoms with E-state index in [0.717, 1.165) is 4.90 Å². The smallest absolute Gasteiger partial charge is 0.325 e. The number of nitrogens with zero attached hydrogens (tertiary/aromatic N) is 1. The Morgan fingerprint density at radius 1 is 1.36 bits per heavy atom. The molecule has 0 spiro atoms. The van der Waals surface area contributed by atoms with E-state index in [-0.39, 0.29) is 5.91 Å². The van der Waals surface area contributed by atoms with Gasteiger partial charge in [0, 0.05) is 0 Å². The molecule has 1 rings (SSSR count). The molecule has 2 unspecified atom stereocenters. The molecule has 5 heteroatoms. The lowest BCUT2D eigenvalue weighted by atomic mass is 10.1. The zero-order valence-corrected chi connectivity index (χ0v) is 8.87. The van der Waals surface area contributed by atoms with Crippen LogP contribution in [-0.2, 0) is 4.79 Å². The van der Waals surface area contributed by atoms with Crippen molar-refractivity contribution in [2.45, 2.75) is 45.4 Å². The van der Waals surface area contributed by atoms with Gasteiger partial charge in [0.15, 0.2) is 0 Å². The molecular weight excluding hydrogens is 184 g/mol. The SMILES string of the molecule is CC(O)C(C)N1C(=O)NC(C)(C)C1=O. The normalized spacial score (nSPS) is 24.8. The fraction of sp³-hybridized carbons (Fsp3) is 0.778. The first kappa shape index (κ1) is 11.0. The number of hydrogen-bond acceptors (Lipinski definition) is 3. The number of urea groups is 1. The predicted octanol–water partition coefficient (Wildman–Crippen LogP) is 0.0861. The van der Waals surface area contributed by atoms with Crippen molar-refractivity contribution in [2.24, 2.45) is 0 Å². The molecule has 1 fully saturated rings. The van der Waals surface area contributed by atoms with E-state index in [1.165, 1.54) is 0 Å². The second-order valence-electron chi connectivity index (χ2n) is 4.21. The lowest BCUT2D eigenvalue weighted by molar-refractivity contribution is -0.133. The molecule has 0 aliphatic carbocycles. The van der Waals surface area contributed by atoms with Crippen molar-refractivity contribution in [1.29, 1.82) is 0 Å². The molecule has 1 aliphatic heterocycles. The van der Waals surface area contributed by atoms with Gasteiger partial charge in [0.2, 0.25) is 0 Å². The van der Waals surface area contributed by atoms with Gasteiger partial charge in [-0.05, 0) is 27.7 Å². The van der Waals surface area contributed by atoms with Crippen LogP contribution in [0.4, 0.5) is 4.79 Å². The number of amides is 3. The molecule has 5 nitrogen and oxygen atoms in total. The largest absolute Gasteiger partial charge is 0.391 e. The number of carbonyl (C=O) groups is 2. The Hall–Kier alpha value is -1.10. The van der Waals surface area contributed by atoms with Crippen LogP contribution in [0.1, 0.15) is 27.7 Å². The zero-order chi connectivity index (χ0) is 11.1. The second kappa shape index (κ2) is 3.24. The van der Waals surface area contributed by atoms with Crippen LogP contribution in [0.15, 0.2) is 0 Å². The summed E-state index contributed by atoms with van der Waals surface area (Å²) in [5.41, 5.74) is -0.861. The molecule has 80 valence electrons. The van der Waals surface area contributed by atoms with Crippen LogP contribution in [-0.4, -0.2) is 39.6 Å². The van der Waals surface area contributed by atoms with E-state index in [1.807, 2.05) is 0 Å². The van der Waals surface area contributed by atoms with Gasteiger partial charge >= 0.3 is 6.03 Å². The third-order valence-corrected chi connectivity index (χ3v) is 2.50. The summed E-state index contributed by atoms with van der Waals surface area (Å²) < 4.78 is 0. The second-order valence-corrected chi connectivity index (χ2v) is 4.21. The fourth-order valence-electron chi connectivity index (χ4n) is 1.36. The highest BCUT2D eigenvalue weighted by molar-refractivity contribution is 6.06. The van der Waals surface area contributed by atoms with E-state index in [1.54, 1.807) is 27.7 Å². The molecule has 0 aromatic heterocycles. The van der Waals surface area contributed by atoms with Crippen LogP contribution >= 0.6 is 0 Å². The number of carbonyl (C=O) groups excluding carboxylic acids is 2. The van der Waals surface area contributed by atoms with E-state index in [4.69, 9.17) is 0 Å². The Bertz CT molecular complexity index is 273. The minimum atomic E-state index is -0.861. The maximum atomic E-state index is 11.7. The summed E-state index contributed by atoms with van der Waals surface area (Å²) >= 11 is 0. The minimum Gasteiger partial charge on any atom is -0.391 e. The van der Waals surface area contributed by atoms with E-state index >= 15 is 0 Å². The summed E-state index contributed by atoms with van der Waals surface area (Å²) in [5.74, 6) is -0.295. The van der Waals surface area contributed by atoms with E-state index in [9.17, 15) is 14.7 Å². The van der Waals surface area contributed by atoms with Gasteiger partial charge in [0.1, 0.15) is 5.54 Å². The summed E-state index contributed by atoms with van der Waals surface area (Å²) in [6.45, 7) is 6.48. The molecule has 0 radical (unpaired) electrons. The molecule has 0 saturated carbocycles. The summed E-state index contributed by atoms with van der Waals surface area (Å²) in [5, 5.41) is 11.9. The van der Waals surface area contributed by atoms with Crippen molar-refractivity contribution in [3.63, 3.8) is 0 Å². The number of hydrogen-bond donors (Lipinski definition) is 2. The molecule has 1 saturated heterocycles. The highest BCUT2D eigenvalue weighted by atomic mass is 16.3. The van der Waals surface area contributed by atoms with Gasteiger partial charge in [-0.2, -0.15) is 0 Å². The Morgan fingerprint density at radius 2 is 1.86 bits per heavy atom. The van der Waals surface area contributed by atoms with E-state index < -0.39 is 23.7 Å². The zero-order valence-electron chi connectivity index (χ0n) is 8.87. The lowest BCUT2D eigenvalue weighted by Crippen LogP contribution is -2.46. The molecule has 2 N–H and O–H groups in total. The molecule has 14 heavy (non-hydrogen) atoms.